The molecular weight excluding hydrogens is 396 g/mol. The number of amides is 2. The predicted octanol–water partition coefficient (Wildman–Crippen LogP) is 2.78. The number of benzene rings is 1. The normalized spacial score (nSPS) is 23.0. The molecular formula is C19H26N4O3S2. The monoisotopic (exact) mass is 422 g/mol. The minimum atomic E-state index is -3.30. The minimum absolute atomic E-state index is 0.173. The number of urea groups is 1. The minimum Gasteiger partial charge on any atom is -0.384 e. The third kappa shape index (κ3) is 3.72. The van der Waals surface area contributed by atoms with Crippen molar-refractivity contribution >= 4 is 38.4 Å². The van der Waals surface area contributed by atoms with Crippen molar-refractivity contribution in [2.45, 2.75) is 62.6 Å². The smallest absolute Gasteiger partial charge is 0.354 e. The van der Waals surface area contributed by atoms with Crippen LogP contribution in [0, 0.1) is 0 Å². The molecule has 0 saturated heterocycles. The van der Waals surface area contributed by atoms with Crippen LogP contribution in [0.5, 0.6) is 0 Å². The number of nitrogens with zero attached hydrogens (tertiary/aromatic N) is 2. The molecule has 1 aromatic carbocycles. The predicted molar refractivity (Wildman–Crippen MR) is 114 cm³/mol. The van der Waals surface area contributed by atoms with Gasteiger partial charge < -0.3 is 10.4 Å². The van der Waals surface area contributed by atoms with Crippen LogP contribution in [-0.2, 0) is 35.6 Å². The van der Waals surface area contributed by atoms with Gasteiger partial charge in [0.1, 0.15) is 25.1 Å². The molecule has 2 atom stereocenters. The maximum Gasteiger partial charge on any atom is 0.354 e. The standard InChI is InChI=1S/C19H26N4O3S2/c1-19(2,25)17-21-10-15(27-17)28(20,26)23-18(24)22-16-13-7-3-5-11(13)9-12-6-4-8-14(12)16/h9,15,25H,3-8,10H2,1-2H3,(H3,20,22,23,24,26)/t15?,28-/m1/s1. The van der Waals surface area contributed by atoms with Gasteiger partial charge >= 0.3 is 6.03 Å². The number of fused-ring (bicyclic) bond motifs is 2. The fourth-order valence-corrected chi connectivity index (χ4v) is 6.66. The van der Waals surface area contributed by atoms with Gasteiger partial charge in [-0.1, -0.05) is 17.8 Å². The molecule has 1 aromatic rings. The Morgan fingerprint density at radius 3 is 2.43 bits per heavy atom. The van der Waals surface area contributed by atoms with Crippen LogP contribution in [0.25, 0.3) is 0 Å². The van der Waals surface area contributed by atoms with Crippen molar-refractivity contribution in [3.05, 3.63) is 28.3 Å². The van der Waals surface area contributed by atoms with Crippen LogP contribution in [0.3, 0.4) is 0 Å². The quantitative estimate of drug-likeness (QED) is 0.694. The molecule has 3 aliphatic rings. The van der Waals surface area contributed by atoms with Crippen molar-refractivity contribution in [2.24, 2.45) is 14.5 Å². The lowest BCUT2D eigenvalue weighted by atomic mass is 9.99. The van der Waals surface area contributed by atoms with Gasteiger partial charge in [-0.05, 0) is 74.6 Å². The highest BCUT2D eigenvalue weighted by Crippen LogP contribution is 2.39. The summed E-state index contributed by atoms with van der Waals surface area (Å²) in [5.41, 5.74) is 4.73. The SMILES string of the molecule is CC(C)(O)C1=NCC([S@](N)(=O)=NC(=O)Nc2c3c(cc4c2CCC4)CCC3)S1. The number of thioether (sulfide) groups is 1. The average molecular weight is 423 g/mol. The van der Waals surface area contributed by atoms with E-state index < -0.39 is 26.1 Å². The number of hydrogen-bond donors (Lipinski definition) is 3. The average Bonchev–Trinajstić information content (AvgIpc) is 3.33. The maximum atomic E-state index is 12.9. The molecule has 1 unspecified atom stereocenters. The van der Waals surface area contributed by atoms with Gasteiger partial charge in [-0.25, -0.2) is 14.1 Å². The van der Waals surface area contributed by atoms with E-state index in [2.05, 4.69) is 20.7 Å². The summed E-state index contributed by atoms with van der Waals surface area (Å²) in [6, 6.07) is 1.62. The molecule has 28 heavy (non-hydrogen) atoms. The summed E-state index contributed by atoms with van der Waals surface area (Å²) in [7, 11) is -3.30. The third-order valence-electron chi connectivity index (χ3n) is 5.46. The van der Waals surface area contributed by atoms with E-state index in [9.17, 15) is 14.1 Å². The van der Waals surface area contributed by atoms with Crippen LogP contribution in [0.2, 0.25) is 0 Å². The van der Waals surface area contributed by atoms with Crippen molar-refractivity contribution in [1.29, 1.82) is 0 Å². The Bertz CT molecular complexity index is 956. The summed E-state index contributed by atoms with van der Waals surface area (Å²) in [5, 5.41) is 19.4. The molecule has 4 N–H and O–H groups in total. The lowest BCUT2D eigenvalue weighted by Crippen LogP contribution is -2.31. The highest BCUT2D eigenvalue weighted by atomic mass is 32.3. The molecule has 0 fully saturated rings. The second kappa shape index (κ2) is 7.12. The zero-order chi connectivity index (χ0) is 20.1. The Morgan fingerprint density at radius 1 is 1.29 bits per heavy atom. The van der Waals surface area contributed by atoms with Crippen LogP contribution in [0.15, 0.2) is 15.4 Å². The summed E-state index contributed by atoms with van der Waals surface area (Å²) in [6.07, 6.45) is 6.12. The second-order valence-corrected chi connectivity index (χ2v) is 11.6. The highest BCUT2D eigenvalue weighted by molar-refractivity contribution is 8.23. The number of aliphatic hydroxyl groups is 1. The zero-order valence-corrected chi connectivity index (χ0v) is 17.8. The Labute approximate surface area is 169 Å². The van der Waals surface area contributed by atoms with Gasteiger partial charge in [0.15, 0.2) is 0 Å². The third-order valence-corrected chi connectivity index (χ3v) is 9.19. The first kappa shape index (κ1) is 19.9. The van der Waals surface area contributed by atoms with Crippen LogP contribution in [-0.4, -0.2) is 37.1 Å². The second-order valence-electron chi connectivity index (χ2n) is 8.12. The maximum absolute atomic E-state index is 12.9. The van der Waals surface area contributed by atoms with Crippen LogP contribution < -0.4 is 10.5 Å². The van der Waals surface area contributed by atoms with E-state index in [1.807, 2.05) is 0 Å². The Morgan fingerprint density at radius 2 is 1.89 bits per heavy atom. The summed E-state index contributed by atoms with van der Waals surface area (Å²) in [6.45, 7) is 3.39. The summed E-state index contributed by atoms with van der Waals surface area (Å²) < 4.78 is 16.1. The molecule has 4 rings (SSSR count). The van der Waals surface area contributed by atoms with Gasteiger partial charge in [0.25, 0.3) is 0 Å². The van der Waals surface area contributed by atoms with Crippen LogP contribution >= 0.6 is 11.8 Å². The number of nitrogens with two attached hydrogens (primary N) is 1. The van der Waals surface area contributed by atoms with Gasteiger partial charge in [0, 0.05) is 5.69 Å². The van der Waals surface area contributed by atoms with Gasteiger partial charge in [-0.3, -0.25) is 4.99 Å². The van der Waals surface area contributed by atoms with Crippen LogP contribution in [0.4, 0.5) is 10.5 Å². The number of carbonyl (C=O) groups excluding carboxylic acids is 1. The molecule has 0 spiro atoms. The highest BCUT2D eigenvalue weighted by Gasteiger charge is 2.35. The van der Waals surface area contributed by atoms with Gasteiger partial charge in [-0.15, -0.1) is 4.36 Å². The topological polar surface area (TPSA) is 117 Å². The molecule has 2 amide bonds. The van der Waals surface area contributed by atoms with Crippen molar-refractivity contribution in [3.63, 3.8) is 0 Å². The number of anilines is 1. The summed E-state index contributed by atoms with van der Waals surface area (Å²) in [5.74, 6) is 0. The molecule has 7 nitrogen and oxygen atoms in total. The molecule has 0 aromatic heterocycles. The first-order chi connectivity index (χ1) is 13.1. The van der Waals surface area contributed by atoms with Gasteiger partial charge in [-0.2, -0.15) is 0 Å². The number of hydrogen-bond acceptors (Lipinski definition) is 5. The first-order valence-corrected chi connectivity index (χ1v) is 12.1. The van der Waals surface area contributed by atoms with E-state index in [1.165, 1.54) is 22.3 Å². The number of aliphatic imine (C=N–C) groups is 1. The summed E-state index contributed by atoms with van der Waals surface area (Å²) >= 11 is 1.14. The van der Waals surface area contributed by atoms with Crippen molar-refractivity contribution < 1.29 is 14.1 Å². The van der Waals surface area contributed by atoms with E-state index in [-0.39, 0.29) is 6.54 Å². The largest absolute Gasteiger partial charge is 0.384 e. The number of aryl methyl sites for hydroxylation is 2. The van der Waals surface area contributed by atoms with E-state index >= 15 is 0 Å². The summed E-state index contributed by atoms with van der Waals surface area (Å²) in [4.78, 5) is 16.8. The lowest BCUT2D eigenvalue weighted by molar-refractivity contribution is 0.157. The fraction of sp³-hybridized carbons (Fsp3) is 0.579. The first-order valence-electron chi connectivity index (χ1n) is 9.60. The lowest BCUT2D eigenvalue weighted by Gasteiger charge is -2.18. The van der Waals surface area contributed by atoms with E-state index in [0.717, 1.165) is 56.0 Å². The molecule has 0 saturated carbocycles. The Hall–Kier alpha value is -1.42. The van der Waals surface area contributed by atoms with Crippen LogP contribution in [0.1, 0.15) is 48.9 Å². The van der Waals surface area contributed by atoms with Crippen molar-refractivity contribution in [3.8, 4) is 0 Å². The molecule has 1 heterocycles. The molecule has 1 aliphatic heterocycles. The molecule has 2 aliphatic carbocycles. The van der Waals surface area contributed by atoms with E-state index in [1.54, 1.807) is 13.8 Å². The Kier molecular flexibility index (Phi) is 5.06. The Balaban J connectivity index is 1.56. The van der Waals surface area contributed by atoms with Crippen molar-refractivity contribution in [2.75, 3.05) is 11.9 Å². The van der Waals surface area contributed by atoms with Gasteiger partial charge in [0.2, 0.25) is 0 Å². The van der Waals surface area contributed by atoms with Gasteiger partial charge in [0.05, 0.1) is 6.54 Å². The molecule has 0 bridgehead atoms. The number of rotatable bonds is 3. The number of nitrogens with one attached hydrogen (secondary N) is 1. The van der Waals surface area contributed by atoms with E-state index in [4.69, 9.17) is 5.14 Å². The molecule has 9 heteroatoms. The van der Waals surface area contributed by atoms with Crippen molar-refractivity contribution in [1.82, 2.24) is 0 Å². The molecule has 152 valence electrons. The fourth-order valence-electron chi connectivity index (χ4n) is 4.16. The molecule has 0 radical (unpaired) electrons. The zero-order valence-electron chi connectivity index (χ0n) is 16.2. The number of carbonyl (C=O) groups is 1. The van der Waals surface area contributed by atoms with E-state index in [0.29, 0.717) is 5.04 Å².